The number of para-hydroxylation sites is 1. The van der Waals surface area contributed by atoms with Crippen molar-refractivity contribution in [1.29, 1.82) is 0 Å². The molecule has 2 heterocycles. The number of aromatic amines is 1. The number of nitrogens with one attached hydrogen (secondary N) is 2. The highest BCUT2D eigenvalue weighted by atomic mass is 16.2. The lowest BCUT2D eigenvalue weighted by Gasteiger charge is -2.07. The summed E-state index contributed by atoms with van der Waals surface area (Å²) < 4.78 is 1.64. The van der Waals surface area contributed by atoms with E-state index in [0.717, 1.165) is 16.9 Å². The molecule has 2 aromatic heterocycles. The van der Waals surface area contributed by atoms with E-state index in [1.807, 2.05) is 50.2 Å². The number of rotatable bonds is 4. The first-order valence-corrected chi connectivity index (χ1v) is 7.62. The van der Waals surface area contributed by atoms with Gasteiger partial charge in [-0.1, -0.05) is 18.2 Å². The van der Waals surface area contributed by atoms with Crippen molar-refractivity contribution >= 4 is 5.91 Å². The number of amides is 1. The van der Waals surface area contributed by atoms with Gasteiger partial charge in [-0.25, -0.2) is 4.68 Å². The molecule has 0 aliphatic rings. The highest BCUT2D eigenvalue weighted by molar-refractivity contribution is 5.93. The van der Waals surface area contributed by atoms with Crippen LogP contribution < -0.4 is 10.9 Å². The molecule has 0 unspecified atom stereocenters. The van der Waals surface area contributed by atoms with E-state index in [9.17, 15) is 9.59 Å². The van der Waals surface area contributed by atoms with Crippen LogP contribution in [0, 0.1) is 13.8 Å². The van der Waals surface area contributed by atoms with Gasteiger partial charge < -0.3 is 10.3 Å². The summed E-state index contributed by atoms with van der Waals surface area (Å²) in [6.45, 7) is 3.86. The minimum atomic E-state index is -0.267. The molecule has 0 saturated heterocycles. The number of aromatic nitrogens is 3. The fraction of sp³-hybridized carbons (Fsp3) is 0.167. The van der Waals surface area contributed by atoms with Crippen molar-refractivity contribution in [3.8, 4) is 5.69 Å². The third-order valence-electron chi connectivity index (χ3n) is 3.79. The van der Waals surface area contributed by atoms with Gasteiger partial charge in [0.2, 0.25) is 0 Å². The second-order valence-electron chi connectivity index (χ2n) is 5.63. The molecule has 6 nitrogen and oxygen atoms in total. The molecule has 6 heteroatoms. The zero-order valence-electron chi connectivity index (χ0n) is 13.5. The summed E-state index contributed by atoms with van der Waals surface area (Å²) in [4.78, 5) is 27.0. The Morgan fingerprint density at radius 2 is 2.00 bits per heavy atom. The van der Waals surface area contributed by atoms with Crippen LogP contribution in [0.5, 0.6) is 0 Å². The summed E-state index contributed by atoms with van der Waals surface area (Å²) in [5.74, 6) is -0.267. The van der Waals surface area contributed by atoms with Crippen LogP contribution in [0.1, 0.15) is 27.2 Å². The Hall–Kier alpha value is -3.15. The highest BCUT2D eigenvalue weighted by Gasteiger charge is 2.11. The van der Waals surface area contributed by atoms with Crippen molar-refractivity contribution in [1.82, 2.24) is 20.1 Å². The van der Waals surface area contributed by atoms with Crippen LogP contribution in [-0.2, 0) is 6.54 Å². The molecule has 1 aromatic carbocycles. The molecule has 24 heavy (non-hydrogen) atoms. The lowest BCUT2D eigenvalue weighted by Crippen LogP contribution is -2.27. The molecule has 0 atom stereocenters. The molecule has 0 radical (unpaired) electrons. The van der Waals surface area contributed by atoms with E-state index < -0.39 is 0 Å². The topological polar surface area (TPSA) is 79.8 Å². The predicted octanol–water partition coefficient (Wildman–Crippen LogP) is 2.11. The minimum Gasteiger partial charge on any atom is -0.348 e. The van der Waals surface area contributed by atoms with Crippen LogP contribution in [0.4, 0.5) is 0 Å². The van der Waals surface area contributed by atoms with Crippen molar-refractivity contribution < 1.29 is 4.79 Å². The third kappa shape index (κ3) is 3.27. The lowest BCUT2D eigenvalue weighted by atomic mass is 10.1. The van der Waals surface area contributed by atoms with Gasteiger partial charge in [0.15, 0.2) is 0 Å². The maximum atomic E-state index is 12.3. The van der Waals surface area contributed by atoms with E-state index >= 15 is 0 Å². The number of benzene rings is 1. The summed E-state index contributed by atoms with van der Waals surface area (Å²) in [5.41, 5.74) is 3.37. The van der Waals surface area contributed by atoms with Gasteiger partial charge >= 0.3 is 0 Å². The summed E-state index contributed by atoms with van der Waals surface area (Å²) in [6, 6.07) is 11.4. The standard InChI is InChI=1S/C18H18N4O2/c1-12-8-13(2)21-18(24)16(12)10-19-17(23)14-9-20-22(11-14)15-6-4-3-5-7-15/h3-9,11H,10H2,1-2H3,(H,19,23)(H,21,24). The molecule has 0 fully saturated rings. The quantitative estimate of drug-likeness (QED) is 0.772. The van der Waals surface area contributed by atoms with E-state index in [0.29, 0.717) is 11.1 Å². The fourth-order valence-electron chi connectivity index (χ4n) is 2.53. The molecule has 1 amide bonds. The Balaban J connectivity index is 1.73. The Morgan fingerprint density at radius 3 is 2.71 bits per heavy atom. The third-order valence-corrected chi connectivity index (χ3v) is 3.79. The summed E-state index contributed by atoms with van der Waals surface area (Å²) in [7, 11) is 0. The van der Waals surface area contributed by atoms with Crippen LogP contribution in [0.25, 0.3) is 5.69 Å². The Kier molecular flexibility index (Phi) is 4.29. The average molecular weight is 322 g/mol. The Labute approximate surface area is 139 Å². The number of carbonyl (C=O) groups excluding carboxylic acids is 1. The first-order chi connectivity index (χ1) is 11.5. The maximum absolute atomic E-state index is 12.3. The van der Waals surface area contributed by atoms with Crippen LogP contribution in [-0.4, -0.2) is 20.7 Å². The predicted molar refractivity (Wildman–Crippen MR) is 91.3 cm³/mol. The highest BCUT2D eigenvalue weighted by Crippen LogP contribution is 2.08. The molecule has 0 aliphatic heterocycles. The molecule has 0 bridgehead atoms. The fourth-order valence-corrected chi connectivity index (χ4v) is 2.53. The Bertz CT molecular complexity index is 926. The lowest BCUT2D eigenvalue weighted by molar-refractivity contribution is 0.0950. The van der Waals surface area contributed by atoms with Gasteiger partial charge in [-0.15, -0.1) is 0 Å². The number of carbonyl (C=O) groups is 1. The molecular weight excluding hydrogens is 304 g/mol. The van der Waals surface area contributed by atoms with Crippen molar-refractivity contribution in [2.24, 2.45) is 0 Å². The van der Waals surface area contributed by atoms with Gasteiger partial charge in [0.1, 0.15) is 0 Å². The molecule has 3 aromatic rings. The van der Waals surface area contributed by atoms with E-state index in [4.69, 9.17) is 0 Å². The molecule has 0 saturated carbocycles. The number of pyridine rings is 1. The second kappa shape index (κ2) is 6.54. The summed E-state index contributed by atoms with van der Waals surface area (Å²) in [5, 5.41) is 6.97. The number of H-pyrrole nitrogens is 1. The van der Waals surface area contributed by atoms with Gasteiger partial charge in [-0.3, -0.25) is 9.59 Å². The maximum Gasteiger partial charge on any atom is 0.254 e. The zero-order valence-corrected chi connectivity index (χ0v) is 13.5. The van der Waals surface area contributed by atoms with Crippen LogP contribution in [0.15, 0.2) is 53.6 Å². The SMILES string of the molecule is Cc1cc(C)c(CNC(=O)c2cnn(-c3ccccc3)c2)c(=O)[nH]1. The average Bonchev–Trinajstić information content (AvgIpc) is 3.04. The van der Waals surface area contributed by atoms with Crippen molar-refractivity contribution in [3.63, 3.8) is 0 Å². The van der Waals surface area contributed by atoms with Crippen molar-refractivity contribution in [3.05, 3.63) is 81.5 Å². The normalized spacial score (nSPS) is 10.6. The number of nitrogens with zero attached hydrogens (tertiary/aromatic N) is 2. The van der Waals surface area contributed by atoms with Crippen LogP contribution in [0.2, 0.25) is 0 Å². The van der Waals surface area contributed by atoms with E-state index in [2.05, 4.69) is 15.4 Å². The van der Waals surface area contributed by atoms with Gasteiger partial charge in [0, 0.05) is 24.0 Å². The second-order valence-corrected chi connectivity index (χ2v) is 5.63. The molecule has 122 valence electrons. The first kappa shape index (κ1) is 15.7. The van der Waals surface area contributed by atoms with Crippen LogP contribution in [0.3, 0.4) is 0 Å². The Morgan fingerprint density at radius 1 is 1.25 bits per heavy atom. The number of hydrogen-bond acceptors (Lipinski definition) is 3. The minimum absolute atomic E-state index is 0.173. The molecule has 3 rings (SSSR count). The van der Waals surface area contributed by atoms with E-state index in [-0.39, 0.29) is 18.0 Å². The van der Waals surface area contributed by atoms with Crippen LogP contribution >= 0.6 is 0 Å². The zero-order chi connectivity index (χ0) is 17.1. The smallest absolute Gasteiger partial charge is 0.254 e. The van der Waals surface area contributed by atoms with Gasteiger partial charge in [0.05, 0.1) is 17.4 Å². The molecule has 0 aliphatic carbocycles. The molecular formula is C18H18N4O2. The van der Waals surface area contributed by atoms with Crippen molar-refractivity contribution in [2.45, 2.75) is 20.4 Å². The number of hydrogen-bond donors (Lipinski definition) is 2. The molecule has 0 spiro atoms. The largest absolute Gasteiger partial charge is 0.348 e. The summed E-state index contributed by atoms with van der Waals surface area (Å²) in [6.07, 6.45) is 3.17. The van der Waals surface area contributed by atoms with E-state index in [1.54, 1.807) is 10.9 Å². The number of aryl methyl sites for hydroxylation is 2. The van der Waals surface area contributed by atoms with Crippen molar-refractivity contribution in [2.75, 3.05) is 0 Å². The summed E-state index contributed by atoms with van der Waals surface area (Å²) >= 11 is 0. The van der Waals surface area contributed by atoms with Gasteiger partial charge in [0.25, 0.3) is 11.5 Å². The first-order valence-electron chi connectivity index (χ1n) is 7.62. The van der Waals surface area contributed by atoms with E-state index in [1.165, 1.54) is 6.20 Å². The molecule has 2 N–H and O–H groups in total. The monoisotopic (exact) mass is 322 g/mol. The van der Waals surface area contributed by atoms with Gasteiger partial charge in [-0.2, -0.15) is 5.10 Å². The van der Waals surface area contributed by atoms with Gasteiger partial charge in [-0.05, 0) is 37.6 Å².